The first kappa shape index (κ1) is 16.4. The molecule has 1 aliphatic rings. The van der Waals surface area contributed by atoms with Crippen LogP contribution in [0, 0.1) is 0 Å². The smallest absolute Gasteiger partial charge is 0.321 e. The third-order valence-electron chi connectivity index (χ3n) is 4.11. The Labute approximate surface area is 137 Å². The predicted molar refractivity (Wildman–Crippen MR) is 82.6 cm³/mol. The van der Waals surface area contributed by atoms with Gasteiger partial charge in [-0.2, -0.15) is 18.3 Å². The van der Waals surface area contributed by atoms with E-state index in [9.17, 15) is 18.0 Å². The summed E-state index contributed by atoms with van der Waals surface area (Å²) >= 11 is 0. The SMILES string of the molecule is CN(C(=O)Nc1cnn(CC(F)(F)F)c1)[C@H]1CCc2ccccc21. The number of rotatable bonds is 3. The lowest BCUT2D eigenvalue weighted by molar-refractivity contribution is -0.142. The molecule has 1 aromatic heterocycles. The number of fused-ring (bicyclic) bond motifs is 1. The van der Waals surface area contributed by atoms with E-state index in [0.29, 0.717) is 0 Å². The van der Waals surface area contributed by atoms with Gasteiger partial charge in [0.25, 0.3) is 0 Å². The second kappa shape index (κ2) is 6.18. The summed E-state index contributed by atoms with van der Waals surface area (Å²) in [6, 6.07) is 7.54. The Hall–Kier alpha value is -2.51. The highest BCUT2D eigenvalue weighted by molar-refractivity contribution is 5.89. The van der Waals surface area contributed by atoms with Crippen molar-refractivity contribution < 1.29 is 18.0 Å². The van der Waals surface area contributed by atoms with Crippen molar-refractivity contribution in [2.24, 2.45) is 0 Å². The predicted octanol–water partition coefficient (Wildman–Crippen LogP) is 3.60. The lowest BCUT2D eigenvalue weighted by Gasteiger charge is -2.25. The Morgan fingerprint density at radius 2 is 2.17 bits per heavy atom. The molecule has 24 heavy (non-hydrogen) atoms. The maximum atomic E-state index is 12.4. The van der Waals surface area contributed by atoms with Gasteiger partial charge in [0.15, 0.2) is 0 Å². The number of nitrogens with zero attached hydrogens (tertiary/aromatic N) is 3. The van der Waals surface area contributed by atoms with Crippen molar-refractivity contribution >= 4 is 11.7 Å². The van der Waals surface area contributed by atoms with Crippen LogP contribution >= 0.6 is 0 Å². The van der Waals surface area contributed by atoms with Crippen LogP contribution in [0.2, 0.25) is 0 Å². The van der Waals surface area contributed by atoms with Gasteiger partial charge in [0.2, 0.25) is 0 Å². The molecule has 0 saturated carbocycles. The Kier molecular flexibility index (Phi) is 4.21. The number of aryl methyl sites for hydroxylation is 1. The molecule has 0 spiro atoms. The monoisotopic (exact) mass is 338 g/mol. The van der Waals surface area contributed by atoms with Gasteiger partial charge < -0.3 is 10.2 Å². The van der Waals surface area contributed by atoms with Crippen molar-refractivity contribution in [1.29, 1.82) is 0 Å². The molecule has 1 aliphatic carbocycles. The van der Waals surface area contributed by atoms with Crippen molar-refractivity contribution in [3.05, 3.63) is 47.8 Å². The number of amides is 2. The van der Waals surface area contributed by atoms with Gasteiger partial charge in [-0.15, -0.1) is 0 Å². The van der Waals surface area contributed by atoms with Crippen LogP contribution in [0.4, 0.5) is 23.7 Å². The van der Waals surface area contributed by atoms with Gasteiger partial charge in [-0.25, -0.2) is 4.79 Å². The molecule has 0 aliphatic heterocycles. The second-order valence-electron chi connectivity index (χ2n) is 5.84. The van der Waals surface area contributed by atoms with Crippen LogP contribution in [0.3, 0.4) is 0 Å². The molecule has 0 saturated heterocycles. The fourth-order valence-electron chi connectivity index (χ4n) is 2.99. The van der Waals surface area contributed by atoms with Crippen LogP contribution in [0.15, 0.2) is 36.7 Å². The molecule has 8 heteroatoms. The van der Waals surface area contributed by atoms with Crippen molar-refractivity contribution in [1.82, 2.24) is 14.7 Å². The van der Waals surface area contributed by atoms with E-state index < -0.39 is 12.7 Å². The summed E-state index contributed by atoms with van der Waals surface area (Å²) in [6.07, 6.45) is -0.238. The van der Waals surface area contributed by atoms with Crippen LogP contribution in [0.5, 0.6) is 0 Å². The van der Waals surface area contributed by atoms with Gasteiger partial charge in [-0.1, -0.05) is 24.3 Å². The number of nitrogens with one attached hydrogen (secondary N) is 1. The minimum atomic E-state index is -4.35. The number of halogens is 3. The van der Waals surface area contributed by atoms with E-state index in [-0.39, 0.29) is 17.8 Å². The summed E-state index contributed by atoms with van der Waals surface area (Å²) in [4.78, 5) is 13.9. The van der Waals surface area contributed by atoms with Crippen LogP contribution < -0.4 is 5.32 Å². The quantitative estimate of drug-likeness (QED) is 0.930. The lowest BCUT2D eigenvalue weighted by Crippen LogP contribution is -2.33. The van der Waals surface area contributed by atoms with Gasteiger partial charge in [0.05, 0.1) is 17.9 Å². The van der Waals surface area contributed by atoms with E-state index >= 15 is 0 Å². The number of aromatic nitrogens is 2. The Bertz CT molecular complexity index is 741. The van der Waals surface area contributed by atoms with Gasteiger partial charge in [-0.3, -0.25) is 4.68 Å². The highest BCUT2D eigenvalue weighted by atomic mass is 19.4. The molecule has 128 valence electrons. The molecule has 5 nitrogen and oxygen atoms in total. The molecule has 3 rings (SSSR count). The number of carbonyl (C=O) groups excluding carboxylic acids is 1. The zero-order valence-corrected chi connectivity index (χ0v) is 13.0. The van der Waals surface area contributed by atoms with E-state index in [2.05, 4.69) is 10.4 Å². The van der Waals surface area contributed by atoms with Gasteiger partial charge in [-0.05, 0) is 24.0 Å². The second-order valence-corrected chi connectivity index (χ2v) is 5.84. The molecular formula is C16H17F3N4O. The molecule has 0 radical (unpaired) electrons. The Balaban J connectivity index is 1.65. The first-order valence-electron chi connectivity index (χ1n) is 7.54. The van der Waals surface area contributed by atoms with Crippen molar-refractivity contribution in [3.8, 4) is 0 Å². The highest BCUT2D eigenvalue weighted by Gasteiger charge is 2.30. The number of benzene rings is 1. The topological polar surface area (TPSA) is 50.2 Å². The van der Waals surface area contributed by atoms with E-state index in [1.54, 1.807) is 11.9 Å². The fourth-order valence-corrected chi connectivity index (χ4v) is 2.99. The largest absolute Gasteiger partial charge is 0.408 e. The number of anilines is 1. The zero-order chi connectivity index (χ0) is 17.3. The van der Waals surface area contributed by atoms with Crippen molar-refractivity contribution in [3.63, 3.8) is 0 Å². The summed E-state index contributed by atoms with van der Waals surface area (Å²) < 4.78 is 37.7. The minimum Gasteiger partial charge on any atom is -0.321 e. The average Bonchev–Trinajstić information content (AvgIpc) is 3.11. The number of alkyl halides is 3. The maximum absolute atomic E-state index is 12.4. The summed E-state index contributed by atoms with van der Waals surface area (Å²) in [7, 11) is 1.68. The van der Waals surface area contributed by atoms with E-state index in [1.165, 1.54) is 18.0 Å². The molecule has 0 fully saturated rings. The lowest BCUT2D eigenvalue weighted by atomic mass is 10.1. The summed E-state index contributed by atoms with van der Waals surface area (Å²) in [5.41, 5.74) is 2.57. The standard InChI is InChI=1S/C16H17F3N4O/c1-22(14-7-6-11-4-2-3-5-13(11)14)15(24)21-12-8-20-23(9-12)10-16(17,18)19/h2-5,8-9,14H,6-7,10H2,1H3,(H,21,24)/t14-/m0/s1. The van der Waals surface area contributed by atoms with Crippen LogP contribution in [0.1, 0.15) is 23.6 Å². The Morgan fingerprint density at radius 3 is 2.92 bits per heavy atom. The first-order valence-corrected chi connectivity index (χ1v) is 7.54. The minimum absolute atomic E-state index is 0.0357. The molecule has 0 unspecified atom stereocenters. The Morgan fingerprint density at radius 1 is 1.42 bits per heavy atom. The van der Waals surface area contributed by atoms with E-state index in [0.717, 1.165) is 23.1 Å². The number of hydrogen-bond acceptors (Lipinski definition) is 2. The number of hydrogen-bond donors (Lipinski definition) is 1. The van der Waals surface area contributed by atoms with E-state index in [4.69, 9.17) is 0 Å². The van der Waals surface area contributed by atoms with Crippen molar-refractivity contribution in [2.45, 2.75) is 31.6 Å². The highest BCUT2D eigenvalue weighted by Crippen LogP contribution is 2.35. The third-order valence-corrected chi connectivity index (χ3v) is 4.11. The molecule has 1 atom stereocenters. The number of carbonyl (C=O) groups is 1. The van der Waals surface area contributed by atoms with Gasteiger partial charge in [0.1, 0.15) is 6.54 Å². The average molecular weight is 338 g/mol. The number of urea groups is 1. The molecular weight excluding hydrogens is 321 g/mol. The van der Waals surface area contributed by atoms with Gasteiger partial charge in [0, 0.05) is 13.2 Å². The van der Waals surface area contributed by atoms with Crippen LogP contribution in [-0.4, -0.2) is 33.9 Å². The zero-order valence-electron chi connectivity index (χ0n) is 13.0. The summed E-state index contributed by atoms with van der Waals surface area (Å²) in [5, 5.41) is 6.20. The normalized spacial score (nSPS) is 16.8. The van der Waals surface area contributed by atoms with Crippen LogP contribution in [-0.2, 0) is 13.0 Å². The molecule has 2 amide bonds. The van der Waals surface area contributed by atoms with Gasteiger partial charge >= 0.3 is 12.2 Å². The fraction of sp³-hybridized carbons (Fsp3) is 0.375. The summed E-state index contributed by atoms with van der Waals surface area (Å²) in [5.74, 6) is 0. The molecule has 0 bridgehead atoms. The summed E-state index contributed by atoms with van der Waals surface area (Å²) in [6.45, 7) is -1.19. The van der Waals surface area contributed by atoms with Crippen molar-refractivity contribution in [2.75, 3.05) is 12.4 Å². The first-order chi connectivity index (χ1) is 11.3. The molecule has 1 heterocycles. The maximum Gasteiger partial charge on any atom is 0.408 e. The molecule has 1 aromatic carbocycles. The molecule has 1 N–H and O–H groups in total. The van der Waals surface area contributed by atoms with E-state index in [1.807, 2.05) is 24.3 Å². The van der Waals surface area contributed by atoms with Crippen LogP contribution in [0.25, 0.3) is 0 Å². The molecule has 2 aromatic rings. The third kappa shape index (κ3) is 3.52.